The smallest absolute Gasteiger partial charge is 0.212 e. The van der Waals surface area contributed by atoms with E-state index in [9.17, 15) is 0 Å². The summed E-state index contributed by atoms with van der Waals surface area (Å²) in [6.45, 7) is 0. The molecule has 0 spiro atoms. The first-order chi connectivity index (χ1) is 6.93. The molecular weight excluding hydrogens is 172 g/mol. The van der Waals surface area contributed by atoms with Crippen LogP contribution in [0.2, 0.25) is 0 Å². The molecule has 0 atom stereocenters. The number of benzene rings is 1. The third-order valence-corrected chi connectivity index (χ3v) is 2.94. The summed E-state index contributed by atoms with van der Waals surface area (Å²) in [6.07, 6.45) is 4.87. The lowest BCUT2D eigenvalue weighted by atomic mass is 9.96. The van der Waals surface area contributed by atoms with Crippen LogP contribution in [-0.4, -0.2) is 0 Å². The number of rotatable bonds is 0. The topological polar surface area (TPSA) is 11.3 Å². The van der Waals surface area contributed by atoms with Gasteiger partial charge in [-0.25, -0.2) is 4.42 Å². The summed E-state index contributed by atoms with van der Waals surface area (Å²) in [4.78, 5) is 0. The van der Waals surface area contributed by atoms with Crippen LogP contribution in [0, 0.1) is 0 Å². The van der Waals surface area contributed by atoms with Crippen molar-refractivity contribution < 1.29 is 4.42 Å². The molecule has 0 saturated heterocycles. The highest BCUT2D eigenvalue weighted by molar-refractivity contribution is 5.77. The van der Waals surface area contributed by atoms with Crippen molar-refractivity contribution in [1.82, 2.24) is 0 Å². The largest absolute Gasteiger partial charge is 0.360 e. The highest BCUT2D eigenvalue weighted by atomic mass is 16.3. The molecule has 0 aliphatic heterocycles. The number of hydrogen-bond donors (Lipinski definition) is 0. The van der Waals surface area contributed by atoms with E-state index >= 15 is 0 Å². The summed E-state index contributed by atoms with van der Waals surface area (Å²) < 4.78 is 5.88. The molecule has 1 heterocycles. The van der Waals surface area contributed by atoms with Crippen molar-refractivity contribution in [2.45, 2.75) is 25.7 Å². The van der Waals surface area contributed by atoms with Gasteiger partial charge in [-0.15, -0.1) is 0 Å². The number of para-hydroxylation sites is 1. The molecule has 1 aliphatic rings. The minimum Gasteiger partial charge on any atom is -0.212 e. The SMILES string of the molecule is c1ccc2[o+]c3c(cc2c1)CCCC3. The summed E-state index contributed by atoms with van der Waals surface area (Å²) in [5, 5.41) is 1.23. The predicted octanol–water partition coefficient (Wildman–Crippen LogP) is 3.59. The second-order valence-corrected chi connectivity index (χ2v) is 3.94. The van der Waals surface area contributed by atoms with Crippen molar-refractivity contribution in [2.75, 3.05) is 0 Å². The molecule has 0 saturated carbocycles. The molecule has 3 rings (SSSR count). The summed E-state index contributed by atoms with van der Waals surface area (Å²) in [6, 6.07) is 10.5. The van der Waals surface area contributed by atoms with Crippen LogP contribution in [0.25, 0.3) is 11.0 Å². The van der Waals surface area contributed by atoms with E-state index in [1.54, 1.807) is 0 Å². The number of fused-ring (bicyclic) bond motifs is 2. The molecule has 70 valence electrons. The zero-order valence-electron chi connectivity index (χ0n) is 8.12. The van der Waals surface area contributed by atoms with E-state index in [2.05, 4.69) is 18.2 Å². The number of hydrogen-bond acceptors (Lipinski definition) is 0. The molecule has 0 fully saturated rings. The number of aryl methyl sites for hydroxylation is 2. The van der Waals surface area contributed by atoms with Gasteiger partial charge in [0.15, 0.2) is 0 Å². The van der Waals surface area contributed by atoms with Crippen LogP contribution >= 0.6 is 0 Å². The van der Waals surface area contributed by atoms with Gasteiger partial charge in [0.1, 0.15) is 0 Å². The van der Waals surface area contributed by atoms with Gasteiger partial charge in [0.25, 0.3) is 0 Å². The van der Waals surface area contributed by atoms with Crippen LogP contribution < -0.4 is 0 Å². The van der Waals surface area contributed by atoms with Gasteiger partial charge in [-0.2, -0.15) is 0 Å². The fourth-order valence-corrected chi connectivity index (χ4v) is 2.18. The molecule has 1 aliphatic carbocycles. The van der Waals surface area contributed by atoms with E-state index in [-0.39, 0.29) is 0 Å². The molecule has 0 N–H and O–H groups in total. The highest BCUT2D eigenvalue weighted by Crippen LogP contribution is 2.26. The van der Waals surface area contributed by atoms with Gasteiger partial charge in [-0.3, -0.25) is 0 Å². The quantitative estimate of drug-likeness (QED) is 0.571. The zero-order valence-corrected chi connectivity index (χ0v) is 8.12. The van der Waals surface area contributed by atoms with Gasteiger partial charge in [-0.05, 0) is 31.4 Å². The third-order valence-electron chi connectivity index (χ3n) is 2.94. The van der Waals surface area contributed by atoms with E-state index in [0.29, 0.717) is 0 Å². The Hall–Kier alpha value is -1.37. The van der Waals surface area contributed by atoms with Gasteiger partial charge < -0.3 is 0 Å². The first kappa shape index (κ1) is 7.98. The van der Waals surface area contributed by atoms with Gasteiger partial charge in [0, 0.05) is 6.07 Å². The van der Waals surface area contributed by atoms with Crippen molar-refractivity contribution in [1.29, 1.82) is 0 Å². The van der Waals surface area contributed by atoms with E-state index < -0.39 is 0 Å². The molecule has 1 aromatic carbocycles. The highest BCUT2D eigenvalue weighted by Gasteiger charge is 2.21. The molecular formula is C13H13O+. The lowest BCUT2D eigenvalue weighted by Gasteiger charge is -2.06. The summed E-state index contributed by atoms with van der Waals surface area (Å²) in [5.41, 5.74) is 2.43. The summed E-state index contributed by atoms with van der Waals surface area (Å²) in [7, 11) is 0. The maximum absolute atomic E-state index is 5.88. The van der Waals surface area contributed by atoms with Crippen LogP contribution in [0.1, 0.15) is 24.2 Å². The first-order valence-corrected chi connectivity index (χ1v) is 5.27. The lowest BCUT2D eigenvalue weighted by Crippen LogP contribution is -2.01. The standard InChI is InChI=1S/C13H13O/c1-3-7-12-10(5-1)9-11-6-2-4-8-13(11)14-12/h1,3,5,7,9H,2,4,6,8H2/q+1. The summed E-state index contributed by atoms with van der Waals surface area (Å²) in [5.74, 6) is 1.20. The second kappa shape index (κ2) is 3.09. The van der Waals surface area contributed by atoms with Crippen molar-refractivity contribution >= 4 is 11.0 Å². The maximum atomic E-state index is 5.88. The van der Waals surface area contributed by atoms with Crippen LogP contribution in [0.15, 0.2) is 34.7 Å². The van der Waals surface area contributed by atoms with Crippen LogP contribution in [0.4, 0.5) is 0 Å². The van der Waals surface area contributed by atoms with Gasteiger partial charge in [-0.1, -0.05) is 12.1 Å². The molecule has 1 nitrogen and oxygen atoms in total. The molecule has 0 radical (unpaired) electrons. The third kappa shape index (κ3) is 1.20. The average Bonchev–Trinajstić information content (AvgIpc) is 2.26. The monoisotopic (exact) mass is 185 g/mol. The van der Waals surface area contributed by atoms with E-state index in [4.69, 9.17) is 4.42 Å². The minimum absolute atomic E-state index is 1.02. The molecule has 2 aromatic rings. The summed E-state index contributed by atoms with van der Waals surface area (Å²) >= 11 is 0. The maximum Gasteiger partial charge on any atom is 0.360 e. The van der Waals surface area contributed by atoms with E-state index in [0.717, 1.165) is 12.0 Å². The minimum atomic E-state index is 1.02. The first-order valence-electron chi connectivity index (χ1n) is 5.27. The Labute approximate surface area is 83.4 Å². The van der Waals surface area contributed by atoms with Gasteiger partial charge in [0.05, 0.1) is 17.4 Å². The second-order valence-electron chi connectivity index (χ2n) is 3.94. The molecule has 1 heteroatoms. The fourth-order valence-electron chi connectivity index (χ4n) is 2.18. The van der Waals surface area contributed by atoms with Crippen molar-refractivity contribution in [3.05, 3.63) is 41.7 Å². The van der Waals surface area contributed by atoms with E-state index in [1.807, 2.05) is 12.1 Å². The fraction of sp³-hybridized carbons (Fsp3) is 0.308. The Morgan fingerprint density at radius 1 is 1.00 bits per heavy atom. The van der Waals surface area contributed by atoms with E-state index in [1.165, 1.54) is 36.0 Å². The van der Waals surface area contributed by atoms with Crippen molar-refractivity contribution in [3.63, 3.8) is 0 Å². The molecule has 14 heavy (non-hydrogen) atoms. The average molecular weight is 185 g/mol. The lowest BCUT2D eigenvalue weighted by molar-refractivity contribution is 0.489. The predicted molar refractivity (Wildman–Crippen MR) is 57.3 cm³/mol. The van der Waals surface area contributed by atoms with Crippen LogP contribution in [0.3, 0.4) is 0 Å². The molecule has 0 amide bonds. The molecule has 0 bridgehead atoms. The van der Waals surface area contributed by atoms with Crippen LogP contribution in [-0.2, 0) is 12.8 Å². The van der Waals surface area contributed by atoms with Crippen molar-refractivity contribution in [2.24, 2.45) is 0 Å². The van der Waals surface area contributed by atoms with Gasteiger partial charge >= 0.3 is 11.3 Å². The Bertz CT molecular complexity index is 429. The molecule has 1 aromatic heterocycles. The molecule has 0 unspecified atom stereocenters. The Morgan fingerprint density at radius 3 is 2.86 bits per heavy atom. The van der Waals surface area contributed by atoms with Gasteiger partial charge in [0.2, 0.25) is 0 Å². The van der Waals surface area contributed by atoms with Crippen LogP contribution in [0.5, 0.6) is 0 Å². The Kier molecular flexibility index (Phi) is 1.76. The zero-order chi connectivity index (χ0) is 9.38. The Balaban J connectivity index is 2.27. The van der Waals surface area contributed by atoms with Crippen molar-refractivity contribution in [3.8, 4) is 0 Å². The normalized spacial score (nSPS) is 15.4. The Morgan fingerprint density at radius 2 is 1.86 bits per heavy atom.